The molecule has 0 aromatic heterocycles. The first-order valence-corrected chi connectivity index (χ1v) is 8.37. The summed E-state index contributed by atoms with van der Waals surface area (Å²) in [5, 5.41) is 10.9. The topological polar surface area (TPSA) is 29.5 Å². The molecule has 1 aromatic rings. The molecule has 1 unspecified atom stereocenters. The second-order valence-electron chi connectivity index (χ2n) is 5.94. The van der Waals surface area contributed by atoms with Gasteiger partial charge in [-0.3, -0.25) is 0 Å². The number of rotatable bonds is 3. The van der Waals surface area contributed by atoms with E-state index < -0.39 is 6.10 Å². The van der Waals surface area contributed by atoms with Gasteiger partial charge in [-0.05, 0) is 49.8 Å². The highest BCUT2D eigenvalue weighted by atomic mass is 79.9. The molecule has 0 aliphatic heterocycles. The van der Waals surface area contributed by atoms with Crippen LogP contribution in [0.1, 0.15) is 61.3 Å². The second kappa shape index (κ2) is 6.95. The summed E-state index contributed by atoms with van der Waals surface area (Å²) < 4.78 is 6.63. The zero-order valence-corrected chi connectivity index (χ0v) is 14.3. The fourth-order valence-electron chi connectivity index (χ4n) is 3.36. The molecule has 0 bridgehead atoms. The van der Waals surface area contributed by atoms with Crippen LogP contribution in [0.2, 0.25) is 0 Å². The Bertz CT molecular complexity index is 463. The molecule has 1 aliphatic rings. The lowest BCUT2D eigenvalue weighted by Gasteiger charge is -2.26. The Morgan fingerprint density at radius 2 is 1.80 bits per heavy atom. The summed E-state index contributed by atoms with van der Waals surface area (Å²) in [6, 6.07) is 2.07. The standard InChI is InChI=1S/C17H25BrO2/c1-11-10-14(18)12(2)15(17(11)20-3)16(19)13-8-6-4-5-7-9-13/h10,13,16,19H,4-9H2,1-3H3. The maximum absolute atomic E-state index is 10.9. The Hall–Kier alpha value is -0.540. The largest absolute Gasteiger partial charge is 0.496 e. The maximum Gasteiger partial charge on any atom is 0.127 e. The van der Waals surface area contributed by atoms with Crippen LogP contribution in [0, 0.1) is 19.8 Å². The van der Waals surface area contributed by atoms with Crippen LogP contribution >= 0.6 is 15.9 Å². The predicted molar refractivity (Wildman–Crippen MR) is 86.3 cm³/mol. The molecule has 1 aromatic carbocycles. The van der Waals surface area contributed by atoms with Crippen LogP contribution in [0.3, 0.4) is 0 Å². The molecule has 0 amide bonds. The Kier molecular flexibility index (Phi) is 5.50. The summed E-state index contributed by atoms with van der Waals surface area (Å²) >= 11 is 3.60. The summed E-state index contributed by atoms with van der Waals surface area (Å²) in [5.74, 6) is 1.21. The monoisotopic (exact) mass is 340 g/mol. The van der Waals surface area contributed by atoms with Crippen molar-refractivity contribution in [3.8, 4) is 5.75 Å². The van der Waals surface area contributed by atoms with Crippen molar-refractivity contribution in [2.24, 2.45) is 5.92 Å². The lowest BCUT2D eigenvalue weighted by Crippen LogP contribution is -2.15. The van der Waals surface area contributed by atoms with E-state index in [4.69, 9.17) is 4.74 Å². The smallest absolute Gasteiger partial charge is 0.127 e. The van der Waals surface area contributed by atoms with E-state index in [0.29, 0.717) is 5.92 Å². The molecule has 3 heteroatoms. The molecule has 20 heavy (non-hydrogen) atoms. The molecule has 1 saturated carbocycles. The summed E-state index contributed by atoms with van der Waals surface area (Å²) in [6.45, 7) is 4.09. The minimum absolute atomic E-state index is 0.360. The van der Waals surface area contributed by atoms with Crippen LogP contribution in [-0.2, 0) is 0 Å². The zero-order chi connectivity index (χ0) is 14.7. The molecule has 1 fully saturated rings. The summed E-state index contributed by atoms with van der Waals surface area (Å²) in [4.78, 5) is 0. The number of hydrogen-bond acceptors (Lipinski definition) is 2. The van der Waals surface area contributed by atoms with Crippen molar-refractivity contribution in [2.45, 2.75) is 58.5 Å². The lowest BCUT2D eigenvalue weighted by atomic mass is 9.86. The lowest BCUT2D eigenvalue weighted by molar-refractivity contribution is 0.0953. The van der Waals surface area contributed by atoms with E-state index >= 15 is 0 Å². The van der Waals surface area contributed by atoms with Gasteiger partial charge in [0.25, 0.3) is 0 Å². The van der Waals surface area contributed by atoms with Crippen LogP contribution in [0.15, 0.2) is 10.5 Å². The average Bonchev–Trinajstić information content (AvgIpc) is 2.70. The molecule has 0 spiro atoms. The van der Waals surface area contributed by atoms with E-state index in [1.165, 1.54) is 25.7 Å². The number of hydrogen-bond donors (Lipinski definition) is 1. The van der Waals surface area contributed by atoms with Crippen molar-refractivity contribution in [3.63, 3.8) is 0 Å². The normalized spacial score (nSPS) is 18.6. The number of halogens is 1. The van der Waals surface area contributed by atoms with Crippen molar-refractivity contribution in [1.82, 2.24) is 0 Å². The molecule has 0 radical (unpaired) electrons. The van der Waals surface area contributed by atoms with E-state index in [2.05, 4.69) is 28.9 Å². The number of ether oxygens (including phenoxy) is 1. The van der Waals surface area contributed by atoms with Gasteiger partial charge >= 0.3 is 0 Å². The molecule has 1 N–H and O–H groups in total. The van der Waals surface area contributed by atoms with Crippen molar-refractivity contribution in [2.75, 3.05) is 7.11 Å². The summed E-state index contributed by atoms with van der Waals surface area (Å²) in [6.07, 6.45) is 6.89. The first-order valence-electron chi connectivity index (χ1n) is 7.58. The third-order valence-corrected chi connectivity index (χ3v) is 5.38. The van der Waals surface area contributed by atoms with Crippen LogP contribution in [-0.4, -0.2) is 12.2 Å². The Balaban J connectivity index is 2.39. The van der Waals surface area contributed by atoms with Gasteiger partial charge in [-0.2, -0.15) is 0 Å². The quantitative estimate of drug-likeness (QED) is 0.777. The minimum atomic E-state index is -0.417. The van der Waals surface area contributed by atoms with Gasteiger partial charge in [0, 0.05) is 10.0 Å². The molecule has 2 nitrogen and oxygen atoms in total. The second-order valence-corrected chi connectivity index (χ2v) is 6.80. The van der Waals surface area contributed by atoms with Gasteiger partial charge in [-0.1, -0.05) is 41.6 Å². The molecule has 1 aliphatic carbocycles. The Labute approximate surface area is 130 Å². The molecule has 0 saturated heterocycles. The molecule has 112 valence electrons. The third-order valence-electron chi connectivity index (χ3n) is 4.55. The highest BCUT2D eigenvalue weighted by Gasteiger charge is 2.27. The molecule has 1 atom stereocenters. The van der Waals surface area contributed by atoms with E-state index in [1.807, 2.05) is 6.92 Å². The number of aliphatic hydroxyl groups excluding tert-OH is 1. The van der Waals surface area contributed by atoms with Crippen molar-refractivity contribution < 1.29 is 9.84 Å². The van der Waals surface area contributed by atoms with Crippen LogP contribution in [0.25, 0.3) is 0 Å². The van der Waals surface area contributed by atoms with E-state index in [9.17, 15) is 5.11 Å². The predicted octanol–water partition coefficient (Wildman–Crippen LogP) is 5.08. The first-order chi connectivity index (χ1) is 9.56. The first kappa shape index (κ1) is 15.8. The van der Waals surface area contributed by atoms with Crippen molar-refractivity contribution in [1.29, 1.82) is 0 Å². The van der Waals surface area contributed by atoms with E-state index in [1.54, 1.807) is 7.11 Å². The number of aliphatic hydroxyl groups is 1. The molecule has 2 rings (SSSR count). The summed E-state index contributed by atoms with van der Waals surface area (Å²) in [7, 11) is 1.69. The SMILES string of the molecule is COc1c(C)cc(Br)c(C)c1C(O)C1CCCCCC1. The van der Waals surface area contributed by atoms with Crippen molar-refractivity contribution in [3.05, 3.63) is 27.2 Å². The average molecular weight is 341 g/mol. The van der Waals surface area contributed by atoms with E-state index in [-0.39, 0.29) is 0 Å². The number of methoxy groups -OCH3 is 1. The summed E-state index contributed by atoms with van der Waals surface area (Å²) in [5.41, 5.74) is 3.16. The van der Waals surface area contributed by atoms with Crippen LogP contribution in [0.4, 0.5) is 0 Å². The fourth-order valence-corrected chi connectivity index (χ4v) is 3.92. The Morgan fingerprint density at radius 1 is 1.20 bits per heavy atom. The number of benzene rings is 1. The highest BCUT2D eigenvalue weighted by molar-refractivity contribution is 9.10. The van der Waals surface area contributed by atoms with Gasteiger partial charge in [-0.25, -0.2) is 0 Å². The van der Waals surface area contributed by atoms with Gasteiger partial charge in [0.05, 0.1) is 13.2 Å². The minimum Gasteiger partial charge on any atom is -0.496 e. The molecular weight excluding hydrogens is 316 g/mol. The van der Waals surface area contributed by atoms with Crippen LogP contribution in [0.5, 0.6) is 5.75 Å². The van der Waals surface area contributed by atoms with Crippen molar-refractivity contribution >= 4 is 15.9 Å². The fraction of sp³-hybridized carbons (Fsp3) is 0.647. The van der Waals surface area contributed by atoms with Gasteiger partial charge in [0.1, 0.15) is 5.75 Å². The van der Waals surface area contributed by atoms with Gasteiger partial charge in [-0.15, -0.1) is 0 Å². The number of aryl methyl sites for hydroxylation is 1. The molecular formula is C17H25BrO2. The zero-order valence-electron chi connectivity index (χ0n) is 12.7. The maximum atomic E-state index is 10.9. The molecule has 0 heterocycles. The van der Waals surface area contributed by atoms with Gasteiger partial charge in [0.15, 0.2) is 0 Å². The van der Waals surface area contributed by atoms with Crippen LogP contribution < -0.4 is 4.74 Å². The third kappa shape index (κ3) is 3.20. The highest BCUT2D eigenvalue weighted by Crippen LogP contribution is 2.42. The Morgan fingerprint density at radius 3 is 2.35 bits per heavy atom. The van der Waals surface area contributed by atoms with Gasteiger partial charge < -0.3 is 9.84 Å². The van der Waals surface area contributed by atoms with E-state index in [0.717, 1.165) is 39.8 Å². The van der Waals surface area contributed by atoms with Gasteiger partial charge in [0.2, 0.25) is 0 Å².